The van der Waals surface area contributed by atoms with Crippen LogP contribution < -0.4 is 5.32 Å². The Morgan fingerprint density at radius 3 is 3.06 bits per heavy atom. The van der Waals surface area contributed by atoms with Gasteiger partial charge >= 0.3 is 0 Å². The highest BCUT2D eigenvalue weighted by atomic mass is 79.9. The highest BCUT2D eigenvalue weighted by Crippen LogP contribution is 2.20. The van der Waals surface area contributed by atoms with Gasteiger partial charge in [0.15, 0.2) is 0 Å². The SMILES string of the molecule is N#CCCNC(=O)Cn1ccc2ccc(Br)cc21. The number of carbonyl (C=O) groups excluding carboxylic acids is 1. The summed E-state index contributed by atoms with van der Waals surface area (Å²) in [4.78, 5) is 11.7. The maximum Gasteiger partial charge on any atom is 0.239 e. The lowest BCUT2D eigenvalue weighted by molar-refractivity contribution is -0.121. The summed E-state index contributed by atoms with van der Waals surface area (Å²) in [7, 11) is 0. The zero-order valence-corrected chi connectivity index (χ0v) is 11.3. The standard InChI is InChI=1S/C13H12BrN3O/c14-11-3-2-10-4-7-17(12(10)8-11)9-13(18)16-6-1-5-15/h2-4,7-8H,1,6,9H2,(H,16,18). The Balaban J connectivity index is 2.10. The Morgan fingerprint density at radius 1 is 1.44 bits per heavy atom. The van der Waals surface area contributed by atoms with Crippen LogP contribution in [-0.2, 0) is 11.3 Å². The maximum absolute atomic E-state index is 11.7. The van der Waals surface area contributed by atoms with E-state index in [2.05, 4.69) is 21.2 Å². The summed E-state index contributed by atoms with van der Waals surface area (Å²) in [6, 6.07) is 9.93. The molecule has 0 saturated carbocycles. The van der Waals surface area contributed by atoms with Crippen LogP contribution in [0.25, 0.3) is 10.9 Å². The van der Waals surface area contributed by atoms with Crippen LogP contribution in [0.5, 0.6) is 0 Å². The van der Waals surface area contributed by atoms with Crippen LogP contribution in [0.15, 0.2) is 34.9 Å². The minimum absolute atomic E-state index is 0.0808. The van der Waals surface area contributed by atoms with Crippen LogP contribution in [-0.4, -0.2) is 17.0 Å². The molecule has 1 N–H and O–H groups in total. The molecule has 5 heteroatoms. The molecule has 0 spiro atoms. The number of nitrogens with one attached hydrogen (secondary N) is 1. The van der Waals surface area contributed by atoms with E-state index in [-0.39, 0.29) is 12.5 Å². The number of rotatable bonds is 4. The van der Waals surface area contributed by atoms with Gasteiger partial charge in [-0.1, -0.05) is 22.0 Å². The van der Waals surface area contributed by atoms with Gasteiger partial charge in [-0.05, 0) is 23.6 Å². The molecule has 1 heterocycles. The molecule has 1 amide bonds. The van der Waals surface area contributed by atoms with Gasteiger partial charge in [0, 0.05) is 22.7 Å². The van der Waals surface area contributed by atoms with Gasteiger partial charge in [-0.15, -0.1) is 0 Å². The molecule has 0 saturated heterocycles. The van der Waals surface area contributed by atoms with Crippen LogP contribution >= 0.6 is 15.9 Å². The minimum atomic E-state index is -0.0808. The summed E-state index contributed by atoms with van der Waals surface area (Å²) in [6.45, 7) is 0.670. The summed E-state index contributed by atoms with van der Waals surface area (Å²) >= 11 is 3.42. The summed E-state index contributed by atoms with van der Waals surface area (Å²) in [5.74, 6) is -0.0808. The predicted octanol–water partition coefficient (Wildman–Crippen LogP) is 2.43. The van der Waals surface area contributed by atoms with Crippen molar-refractivity contribution in [3.63, 3.8) is 0 Å². The van der Waals surface area contributed by atoms with Crippen LogP contribution in [0.2, 0.25) is 0 Å². The molecule has 0 bridgehead atoms. The zero-order chi connectivity index (χ0) is 13.0. The second kappa shape index (κ2) is 5.69. The van der Waals surface area contributed by atoms with E-state index in [0.717, 1.165) is 15.4 Å². The Labute approximate surface area is 113 Å². The molecule has 0 aliphatic rings. The van der Waals surface area contributed by atoms with Gasteiger partial charge in [0.05, 0.1) is 12.5 Å². The van der Waals surface area contributed by atoms with Crippen molar-refractivity contribution in [1.82, 2.24) is 9.88 Å². The predicted molar refractivity (Wildman–Crippen MR) is 72.9 cm³/mol. The van der Waals surface area contributed by atoms with E-state index in [0.29, 0.717) is 13.0 Å². The molecule has 1 aromatic carbocycles. The molecular formula is C13H12BrN3O. The van der Waals surface area contributed by atoms with Crippen molar-refractivity contribution in [3.8, 4) is 6.07 Å². The fraction of sp³-hybridized carbons (Fsp3) is 0.231. The summed E-state index contributed by atoms with van der Waals surface area (Å²) in [6.07, 6.45) is 2.23. The van der Waals surface area contributed by atoms with E-state index in [1.165, 1.54) is 0 Å². The first kappa shape index (κ1) is 12.7. The van der Waals surface area contributed by atoms with E-state index in [1.54, 1.807) is 0 Å². The second-order valence-electron chi connectivity index (χ2n) is 3.90. The Hall–Kier alpha value is -1.80. The Kier molecular flexibility index (Phi) is 4.00. The van der Waals surface area contributed by atoms with Crippen molar-refractivity contribution in [2.75, 3.05) is 6.54 Å². The molecule has 2 aromatic rings. The second-order valence-corrected chi connectivity index (χ2v) is 4.82. The van der Waals surface area contributed by atoms with E-state index in [1.807, 2.05) is 41.1 Å². The smallest absolute Gasteiger partial charge is 0.239 e. The van der Waals surface area contributed by atoms with Crippen LogP contribution in [0.4, 0.5) is 0 Å². The molecule has 0 aliphatic heterocycles. The minimum Gasteiger partial charge on any atom is -0.354 e. The van der Waals surface area contributed by atoms with E-state index in [9.17, 15) is 4.79 Å². The highest BCUT2D eigenvalue weighted by Gasteiger charge is 2.06. The van der Waals surface area contributed by atoms with Gasteiger partial charge in [0.1, 0.15) is 6.54 Å². The van der Waals surface area contributed by atoms with Crippen molar-refractivity contribution in [2.24, 2.45) is 0 Å². The van der Waals surface area contributed by atoms with Gasteiger partial charge in [0.25, 0.3) is 0 Å². The molecule has 0 unspecified atom stereocenters. The normalized spacial score (nSPS) is 10.2. The Bertz CT molecular complexity index is 612. The Morgan fingerprint density at radius 2 is 2.28 bits per heavy atom. The van der Waals surface area contributed by atoms with Gasteiger partial charge < -0.3 is 9.88 Å². The number of amides is 1. The first-order valence-corrected chi connectivity index (χ1v) is 6.38. The molecule has 0 aliphatic carbocycles. The quantitative estimate of drug-likeness (QED) is 0.882. The summed E-state index contributed by atoms with van der Waals surface area (Å²) in [5.41, 5.74) is 1.01. The lowest BCUT2D eigenvalue weighted by Crippen LogP contribution is -2.27. The molecule has 0 radical (unpaired) electrons. The average Bonchev–Trinajstić information content (AvgIpc) is 2.72. The fourth-order valence-corrected chi connectivity index (χ4v) is 2.11. The lowest BCUT2D eigenvalue weighted by Gasteiger charge is -2.06. The van der Waals surface area contributed by atoms with Crippen molar-refractivity contribution < 1.29 is 4.79 Å². The molecule has 0 fully saturated rings. The maximum atomic E-state index is 11.7. The number of benzene rings is 1. The lowest BCUT2D eigenvalue weighted by atomic mass is 10.2. The number of hydrogen-bond donors (Lipinski definition) is 1. The van der Waals surface area contributed by atoms with Gasteiger partial charge in [0.2, 0.25) is 5.91 Å². The largest absolute Gasteiger partial charge is 0.354 e. The molecule has 4 nitrogen and oxygen atoms in total. The number of nitriles is 1. The number of fused-ring (bicyclic) bond motifs is 1. The van der Waals surface area contributed by atoms with Crippen molar-refractivity contribution in [2.45, 2.75) is 13.0 Å². The van der Waals surface area contributed by atoms with Gasteiger partial charge in [-0.25, -0.2) is 0 Å². The number of aromatic nitrogens is 1. The molecule has 0 atom stereocenters. The van der Waals surface area contributed by atoms with Gasteiger partial charge in [-0.2, -0.15) is 5.26 Å². The number of carbonyl (C=O) groups is 1. The topological polar surface area (TPSA) is 57.8 Å². The third kappa shape index (κ3) is 2.90. The zero-order valence-electron chi connectivity index (χ0n) is 9.69. The van der Waals surface area contributed by atoms with E-state index in [4.69, 9.17) is 5.26 Å². The highest BCUT2D eigenvalue weighted by molar-refractivity contribution is 9.10. The van der Waals surface area contributed by atoms with E-state index >= 15 is 0 Å². The van der Waals surface area contributed by atoms with Gasteiger partial charge in [-0.3, -0.25) is 4.79 Å². The molecule has 92 valence electrons. The fourth-order valence-electron chi connectivity index (χ4n) is 1.76. The van der Waals surface area contributed by atoms with Crippen molar-refractivity contribution in [3.05, 3.63) is 34.9 Å². The number of hydrogen-bond acceptors (Lipinski definition) is 2. The third-order valence-electron chi connectivity index (χ3n) is 2.61. The number of nitrogens with zero attached hydrogens (tertiary/aromatic N) is 2. The summed E-state index contributed by atoms with van der Waals surface area (Å²) < 4.78 is 2.88. The third-order valence-corrected chi connectivity index (χ3v) is 3.10. The molecule has 1 aromatic heterocycles. The molecule has 2 rings (SSSR count). The van der Waals surface area contributed by atoms with Crippen LogP contribution in [0.3, 0.4) is 0 Å². The van der Waals surface area contributed by atoms with E-state index < -0.39 is 0 Å². The van der Waals surface area contributed by atoms with Crippen LogP contribution in [0, 0.1) is 11.3 Å². The first-order chi connectivity index (χ1) is 8.70. The molecule has 18 heavy (non-hydrogen) atoms. The van der Waals surface area contributed by atoms with Crippen molar-refractivity contribution in [1.29, 1.82) is 5.26 Å². The average molecular weight is 306 g/mol. The van der Waals surface area contributed by atoms with Crippen molar-refractivity contribution >= 4 is 32.7 Å². The number of halogens is 1. The first-order valence-electron chi connectivity index (χ1n) is 5.59. The monoisotopic (exact) mass is 305 g/mol. The summed E-state index contributed by atoms with van der Waals surface area (Å²) in [5, 5.41) is 12.2. The molecular weight excluding hydrogens is 294 g/mol. The van der Waals surface area contributed by atoms with Crippen LogP contribution in [0.1, 0.15) is 6.42 Å².